The van der Waals surface area contributed by atoms with E-state index in [1.54, 1.807) is 0 Å². The van der Waals surface area contributed by atoms with Gasteiger partial charge in [0.2, 0.25) is 0 Å². The zero-order chi connectivity index (χ0) is 15.1. The van der Waals surface area contributed by atoms with Crippen molar-refractivity contribution in [1.29, 1.82) is 0 Å². The van der Waals surface area contributed by atoms with Gasteiger partial charge in [-0.25, -0.2) is 0 Å². The van der Waals surface area contributed by atoms with E-state index in [9.17, 15) is 4.79 Å². The lowest BCUT2D eigenvalue weighted by molar-refractivity contribution is 0.100. The maximum atomic E-state index is 11.6. The van der Waals surface area contributed by atoms with Crippen LogP contribution in [0.2, 0.25) is 0 Å². The molecular formula is C15H24N4OS. The Balaban J connectivity index is 1.97. The Bertz CT molecular complexity index is 550. The highest BCUT2D eigenvalue weighted by Crippen LogP contribution is 2.52. The number of thiophene rings is 1. The molecule has 2 fully saturated rings. The lowest BCUT2D eigenvalue weighted by Gasteiger charge is -2.29. The zero-order valence-electron chi connectivity index (χ0n) is 12.8. The third-order valence-corrected chi connectivity index (χ3v) is 5.66. The molecule has 5 nitrogen and oxygen atoms in total. The number of likely N-dealkylation sites (N-methyl/N-ethyl adjacent to an activating group) is 1. The number of rotatable bonds is 5. The van der Waals surface area contributed by atoms with Crippen LogP contribution in [0.15, 0.2) is 0 Å². The molecule has 1 aliphatic carbocycles. The molecule has 1 amide bonds. The van der Waals surface area contributed by atoms with Crippen LogP contribution < -0.4 is 16.4 Å². The summed E-state index contributed by atoms with van der Waals surface area (Å²) in [7, 11) is 4.21. The second kappa shape index (κ2) is 5.50. The molecule has 21 heavy (non-hydrogen) atoms. The first-order chi connectivity index (χ1) is 9.99. The van der Waals surface area contributed by atoms with E-state index in [2.05, 4.69) is 23.9 Å². The summed E-state index contributed by atoms with van der Waals surface area (Å²) in [5, 5.41) is 1.20. The molecule has 0 aromatic carbocycles. The summed E-state index contributed by atoms with van der Waals surface area (Å²) in [4.78, 5) is 16.9. The molecule has 1 saturated heterocycles. The highest BCUT2D eigenvalue weighted by Gasteiger charge is 2.37. The smallest absolute Gasteiger partial charge is 0.260 e. The van der Waals surface area contributed by atoms with Crippen molar-refractivity contribution in [3.8, 4) is 0 Å². The number of nitrogen functional groups attached to an aromatic ring is 1. The summed E-state index contributed by atoms with van der Waals surface area (Å²) in [6.07, 6.45) is 4.76. The van der Waals surface area contributed by atoms with Crippen molar-refractivity contribution in [1.82, 2.24) is 4.90 Å². The summed E-state index contributed by atoms with van der Waals surface area (Å²) in [5.41, 5.74) is 13.6. The summed E-state index contributed by atoms with van der Waals surface area (Å²) >= 11 is 1.50. The third kappa shape index (κ3) is 2.74. The molecule has 1 aromatic heterocycles. The van der Waals surface area contributed by atoms with E-state index >= 15 is 0 Å². The van der Waals surface area contributed by atoms with Gasteiger partial charge in [0.15, 0.2) is 0 Å². The fraction of sp³-hybridized carbons (Fsp3) is 0.667. The number of carbonyl (C=O) groups is 1. The number of primary amides is 1. The summed E-state index contributed by atoms with van der Waals surface area (Å²) in [6.45, 7) is 2.09. The number of hydrogen-bond acceptors (Lipinski definition) is 5. The molecule has 1 aliphatic heterocycles. The second-order valence-corrected chi connectivity index (χ2v) is 7.45. The monoisotopic (exact) mass is 308 g/mol. The highest BCUT2D eigenvalue weighted by atomic mass is 32.1. The first-order valence-electron chi connectivity index (χ1n) is 7.62. The molecular weight excluding hydrogens is 284 g/mol. The molecule has 1 unspecified atom stereocenters. The number of hydrogen-bond donors (Lipinski definition) is 2. The Morgan fingerprint density at radius 1 is 1.38 bits per heavy atom. The maximum Gasteiger partial charge on any atom is 0.260 e. The predicted octanol–water partition coefficient (Wildman–Crippen LogP) is 1.84. The minimum atomic E-state index is -0.394. The van der Waals surface area contributed by atoms with Crippen LogP contribution in [0.5, 0.6) is 0 Å². The van der Waals surface area contributed by atoms with Crippen molar-refractivity contribution in [2.24, 2.45) is 5.73 Å². The van der Waals surface area contributed by atoms with Crippen LogP contribution in [0.25, 0.3) is 0 Å². The number of carbonyl (C=O) groups excluding carboxylic acids is 1. The van der Waals surface area contributed by atoms with Gasteiger partial charge in [0.25, 0.3) is 5.91 Å². The second-order valence-electron chi connectivity index (χ2n) is 6.45. The van der Waals surface area contributed by atoms with Crippen molar-refractivity contribution in [3.05, 3.63) is 10.4 Å². The summed E-state index contributed by atoms with van der Waals surface area (Å²) < 4.78 is 0. The standard InChI is InChI=1S/C15H24N4OS/c1-18(2)8-10-4-3-7-19(10)15-11(9-5-6-9)12(16)13(21-15)14(17)20/h9-10H,3-8,16H2,1-2H3,(H2,17,20). The van der Waals surface area contributed by atoms with E-state index in [1.807, 2.05) is 0 Å². The van der Waals surface area contributed by atoms with Crippen molar-refractivity contribution in [2.75, 3.05) is 37.8 Å². The number of nitrogens with two attached hydrogens (primary N) is 2. The highest BCUT2D eigenvalue weighted by molar-refractivity contribution is 7.18. The Hall–Kier alpha value is -1.27. The normalized spacial score (nSPS) is 22.2. The fourth-order valence-electron chi connectivity index (χ4n) is 3.32. The molecule has 6 heteroatoms. The quantitative estimate of drug-likeness (QED) is 0.870. The maximum absolute atomic E-state index is 11.6. The number of nitrogens with zero attached hydrogens (tertiary/aromatic N) is 2. The minimum absolute atomic E-state index is 0.394. The van der Waals surface area contributed by atoms with Crippen molar-refractivity contribution < 1.29 is 4.79 Å². The third-order valence-electron chi connectivity index (χ3n) is 4.39. The predicted molar refractivity (Wildman–Crippen MR) is 88.1 cm³/mol. The minimum Gasteiger partial charge on any atom is -0.397 e. The topological polar surface area (TPSA) is 75.6 Å². The van der Waals surface area contributed by atoms with E-state index in [1.165, 1.54) is 47.6 Å². The van der Waals surface area contributed by atoms with Crippen LogP contribution in [0, 0.1) is 0 Å². The largest absolute Gasteiger partial charge is 0.397 e. The Kier molecular flexibility index (Phi) is 3.84. The molecule has 3 rings (SSSR count). The van der Waals surface area contributed by atoms with Gasteiger partial charge in [-0.15, -0.1) is 11.3 Å². The summed E-state index contributed by atoms with van der Waals surface area (Å²) in [6, 6.07) is 0.510. The van der Waals surface area contributed by atoms with Gasteiger partial charge < -0.3 is 21.3 Å². The lowest BCUT2D eigenvalue weighted by atomic mass is 10.1. The van der Waals surface area contributed by atoms with Gasteiger partial charge in [0.1, 0.15) is 4.88 Å². The molecule has 0 spiro atoms. The van der Waals surface area contributed by atoms with Crippen LogP contribution >= 0.6 is 11.3 Å². The first-order valence-corrected chi connectivity index (χ1v) is 8.44. The molecule has 1 aromatic rings. The van der Waals surface area contributed by atoms with Crippen LogP contribution in [-0.4, -0.2) is 44.0 Å². The first kappa shape index (κ1) is 14.7. The van der Waals surface area contributed by atoms with E-state index in [0.717, 1.165) is 13.1 Å². The van der Waals surface area contributed by atoms with E-state index in [0.29, 0.717) is 22.5 Å². The average molecular weight is 308 g/mol. The number of anilines is 2. The van der Waals surface area contributed by atoms with Crippen molar-refractivity contribution in [2.45, 2.75) is 37.6 Å². The molecule has 0 radical (unpaired) electrons. The SMILES string of the molecule is CN(C)CC1CCCN1c1sc(C(N)=O)c(N)c1C1CC1. The van der Waals surface area contributed by atoms with Gasteiger partial charge in [-0.3, -0.25) is 4.79 Å². The van der Waals surface area contributed by atoms with Crippen LogP contribution in [0.4, 0.5) is 10.7 Å². The molecule has 116 valence electrons. The molecule has 0 bridgehead atoms. The molecule has 1 saturated carbocycles. The summed E-state index contributed by atoms with van der Waals surface area (Å²) in [5.74, 6) is 0.138. The van der Waals surface area contributed by atoms with E-state index in [-0.39, 0.29) is 0 Å². The van der Waals surface area contributed by atoms with Crippen LogP contribution in [-0.2, 0) is 0 Å². The Morgan fingerprint density at radius 3 is 2.67 bits per heavy atom. The Morgan fingerprint density at radius 2 is 2.10 bits per heavy atom. The van der Waals surface area contributed by atoms with Gasteiger partial charge in [-0.2, -0.15) is 0 Å². The molecule has 1 atom stereocenters. The molecule has 2 aliphatic rings. The van der Waals surface area contributed by atoms with Crippen LogP contribution in [0.1, 0.15) is 46.8 Å². The van der Waals surface area contributed by atoms with E-state index in [4.69, 9.17) is 11.5 Å². The van der Waals surface area contributed by atoms with Gasteiger partial charge in [0, 0.05) is 24.7 Å². The van der Waals surface area contributed by atoms with Gasteiger partial charge in [-0.1, -0.05) is 0 Å². The lowest BCUT2D eigenvalue weighted by Crippen LogP contribution is -2.37. The molecule has 2 heterocycles. The van der Waals surface area contributed by atoms with Gasteiger partial charge in [-0.05, 0) is 45.7 Å². The van der Waals surface area contributed by atoms with Gasteiger partial charge in [0.05, 0.1) is 10.7 Å². The van der Waals surface area contributed by atoms with Crippen molar-refractivity contribution >= 4 is 27.9 Å². The number of amides is 1. The fourth-order valence-corrected chi connectivity index (χ4v) is 4.58. The Labute approximate surface area is 129 Å². The van der Waals surface area contributed by atoms with Gasteiger partial charge >= 0.3 is 0 Å². The van der Waals surface area contributed by atoms with Crippen LogP contribution in [0.3, 0.4) is 0 Å². The van der Waals surface area contributed by atoms with Crippen molar-refractivity contribution in [3.63, 3.8) is 0 Å². The average Bonchev–Trinajstić information content (AvgIpc) is 3.03. The molecule has 4 N–H and O–H groups in total. The van der Waals surface area contributed by atoms with E-state index < -0.39 is 5.91 Å². The zero-order valence-corrected chi connectivity index (χ0v) is 13.6.